The van der Waals surface area contributed by atoms with E-state index in [9.17, 15) is 20.0 Å². The summed E-state index contributed by atoms with van der Waals surface area (Å²) in [6, 6.07) is 12.9. The largest absolute Gasteiger partial charge is 0.480 e. The second kappa shape index (κ2) is 8.91. The van der Waals surface area contributed by atoms with Gasteiger partial charge in [0, 0.05) is 6.07 Å². The van der Waals surface area contributed by atoms with E-state index >= 15 is 0 Å². The molecule has 0 saturated heterocycles. The average molecular weight is 502 g/mol. The highest BCUT2D eigenvalue weighted by Crippen LogP contribution is 2.50. The molecular formula is C26H19N3O6S. The minimum absolute atomic E-state index is 0.159. The van der Waals surface area contributed by atoms with Crippen molar-refractivity contribution < 1.29 is 28.3 Å². The lowest BCUT2D eigenvalue weighted by Crippen LogP contribution is -2.18. The van der Waals surface area contributed by atoms with Crippen molar-refractivity contribution in [3.8, 4) is 17.9 Å². The first-order valence-electron chi connectivity index (χ1n) is 11.0. The van der Waals surface area contributed by atoms with Gasteiger partial charge in [0.1, 0.15) is 33.9 Å². The summed E-state index contributed by atoms with van der Waals surface area (Å²) in [4.78, 5) is 24.3. The van der Waals surface area contributed by atoms with E-state index in [1.807, 2.05) is 37.3 Å². The lowest BCUT2D eigenvalue weighted by Gasteiger charge is -2.16. The van der Waals surface area contributed by atoms with Crippen LogP contribution in [0.4, 0.5) is 10.5 Å². The molecule has 180 valence electrons. The van der Waals surface area contributed by atoms with Gasteiger partial charge in [-0.1, -0.05) is 24.3 Å². The van der Waals surface area contributed by atoms with Crippen LogP contribution in [0.25, 0.3) is 11.2 Å². The average Bonchev–Trinajstić information content (AvgIpc) is 3.23. The monoisotopic (exact) mass is 501 g/mol. The number of nitriles is 1. The maximum Gasteiger partial charge on any atom is 0.412 e. The second-order valence-corrected chi connectivity index (χ2v) is 9.25. The van der Waals surface area contributed by atoms with Crippen LogP contribution in [0.2, 0.25) is 0 Å². The van der Waals surface area contributed by atoms with Gasteiger partial charge in [0.15, 0.2) is 11.5 Å². The van der Waals surface area contributed by atoms with Gasteiger partial charge >= 0.3 is 12.1 Å². The molecule has 4 aromatic rings. The van der Waals surface area contributed by atoms with Gasteiger partial charge in [-0.05, 0) is 67.3 Å². The molecule has 0 aliphatic heterocycles. The van der Waals surface area contributed by atoms with E-state index in [0.29, 0.717) is 24.0 Å². The van der Waals surface area contributed by atoms with Crippen LogP contribution in [0.5, 0.6) is 0 Å². The Bertz CT molecular complexity index is 1570. The molecular weight excluding hydrogens is 482 g/mol. The van der Waals surface area contributed by atoms with Gasteiger partial charge in [0.05, 0.1) is 5.39 Å². The molecule has 1 unspecified atom stereocenters. The fraction of sp³-hybridized carbons (Fsp3) is 0.231. The standard InChI is InChI=1S/C26H19N3O6S/c1-14-5-3-4-6-18(14)15(2)33-25(32)28-22-19(29-36-20(22)13-27)8-7-17-11-16-12-21(35-23(16)34-17)26(9-10-26)24(30)31/h3-6,11-12,15H,9-10H2,1-2H3,(H,28,32)(H,30,31). The van der Waals surface area contributed by atoms with E-state index in [-0.39, 0.29) is 27.8 Å². The van der Waals surface area contributed by atoms with Crippen LogP contribution in [0.3, 0.4) is 0 Å². The highest BCUT2D eigenvalue weighted by molar-refractivity contribution is 7.07. The van der Waals surface area contributed by atoms with E-state index in [1.54, 1.807) is 19.1 Å². The van der Waals surface area contributed by atoms with Crippen LogP contribution in [0.1, 0.15) is 59.1 Å². The van der Waals surface area contributed by atoms with Crippen molar-refractivity contribution in [2.45, 2.75) is 38.2 Å². The molecule has 1 aliphatic carbocycles. The minimum Gasteiger partial charge on any atom is -0.480 e. The summed E-state index contributed by atoms with van der Waals surface area (Å²) in [5.41, 5.74) is 1.25. The first-order chi connectivity index (χ1) is 17.3. The Morgan fingerprint density at radius 3 is 2.69 bits per heavy atom. The Kier molecular flexibility index (Phi) is 5.75. The third kappa shape index (κ3) is 4.19. The lowest BCUT2D eigenvalue weighted by molar-refractivity contribution is -0.140. The van der Waals surface area contributed by atoms with Gasteiger partial charge in [-0.3, -0.25) is 10.1 Å². The summed E-state index contributed by atoms with van der Waals surface area (Å²) in [7, 11) is 0. The molecule has 0 spiro atoms. The fourth-order valence-corrected chi connectivity index (χ4v) is 4.51. The van der Waals surface area contributed by atoms with Crippen molar-refractivity contribution >= 4 is 40.4 Å². The van der Waals surface area contributed by atoms with Gasteiger partial charge in [0.2, 0.25) is 0 Å². The van der Waals surface area contributed by atoms with E-state index in [0.717, 1.165) is 22.7 Å². The van der Waals surface area contributed by atoms with Crippen LogP contribution < -0.4 is 5.32 Å². The number of ether oxygens (including phenoxy) is 1. The number of nitrogens with one attached hydrogen (secondary N) is 1. The molecule has 0 bridgehead atoms. The van der Waals surface area contributed by atoms with Crippen molar-refractivity contribution in [2.24, 2.45) is 0 Å². The van der Waals surface area contributed by atoms with Crippen LogP contribution >= 0.6 is 11.5 Å². The Morgan fingerprint density at radius 1 is 1.25 bits per heavy atom. The molecule has 1 atom stereocenters. The van der Waals surface area contributed by atoms with Gasteiger partial charge in [-0.2, -0.15) is 9.64 Å². The maximum atomic E-state index is 12.6. The number of rotatable bonds is 5. The van der Waals surface area contributed by atoms with Gasteiger partial charge < -0.3 is 18.7 Å². The summed E-state index contributed by atoms with van der Waals surface area (Å²) < 4.78 is 20.9. The third-order valence-electron chi connectivity index (χ3n) is 6.08. The summed E-state index contributed by atoms with van der Waals surface area (Å²) in [6.07, 6.45) is -0.186. The van der Waals surface area contributed by atoms with E-state index in [1.165, 1.54) is 0 Å². The second-order valence-electron chi connectivity index (χ2n) is 8.48. The summed E-state index contributed by atoms with van der Waals surface area (Å²) in [5.74, 6) is 5.52. The number of fused-ring (bicyclic) bond motifs is 1. The molecule has 10 heteroatoms. The Hall–Kier alpha value is -4.54. The molecule has 3 heterocycles. The lowest BCUT2D eigenvalue weighted by atomic mass is 10.0. The minimum atomic E-state index is -0.965. The van der Waals surface area contributed by atoms with E-state index in [4.69, 9.17) is 13.6 Å². The number of furan rings is 2. The van der Waals surface area contributed by atoms with Crippen molar-refractivity contribution in [1.82, 2.24) is 4.37 Å². The van der Waals surface area contributed by atoms with Crippen LogP contribution in [0, 0.1) is 30.1 Å². The van der Waals surface area contributed by atoms with Crippen molar-refractivity contribution in [1.29, 1.82) is 5.26 Å². The number of nitrogens with zero attached hydrogens (tertiary/aromatic N) is 2. The first kappa shape index (κ1) is 23.2. The topological polar surface area (TPSA) is 139 Å². The number of hydrogen-bond donors (Lipinski definition) is 2. The molecule has 0 radical (unpaired) electrons. The summed E-state index contributed by atoms with van der Waals surface area (Å²) in [6.45, 7) is 3.69. The molecule has 2 N–H and O–H groups in total. The smallest absolute Gasteiger partial charge is 0.412 e. The molecule has 9 nitrogen and oxygen atoms in total. The number of aromatic nitrogens is 1. The zero-order valence-corrected chi connectivity index (χ0v) is 20.1. The molecule has 1 amide bonds. The van der Waals surface area contributed by atoms with Crippen LogP contribution in [0.15, 0.2) is 45.2 Å². The number of carboxylic acids is 1. The molecule has 36 heavy (non-hydrogen) atoms. The normalized spacial score (nSPS) is 14.4. The quantitative estimate of drug-likeness (QED) is 0.342. The van der Waals surface area contributed by atoms with E-state index < -0.39 is 23.6 Å². The number of carbonyl (C=O) groups is 2. The summed E-state index contributed by atoms with van der Waals surface area (Å²) in [5, 5.41) is 22.1. The molecule has 3 aromatic heterocycles. The highest BCUT2D eigenvalue weighted by atomic mass is 32.1. The molecule has 1 fully saturated rings. The fourth-order valence-electron chi connectivity index (χ4n) is 3.91. The van der Waals surface area contributed by atoms with Crippen molar-refractivity contribution in [2.75, 3.05) is 5.32 Å². The number of aryl methyl sites for hydroxylation is 1. The SMILES string of the molecule is Cc1ccccc1C(C)OC(=O)Nc1c(C#Cc2cc3cc(C4(C(=O)O)CC4)oc3o2)nsc1C#N. The first-order valence-corrected chi connectivity index (χ1v) is 11.8. The Labute approximate surface area is 209 Å². The molecule has 1 saturated carbocycles. The Morgan fingerprint density at radius 2 is 2.03 bits per heavy atom. The number of amides is 1. The van der Waals surface area contributed by atoms with Crippen LogP contribution in [-0.4, -0.2) is 21.5 Å². The molecule has 1 aromatic carbocycles. The summed E-state index contributed by atoms with van der Waals surface area (Å²) >= 11 is 0.903. The highest BCUT2D eigenvalue weighted by Gasteiger charge is 2.54. The number of aliphatic carboxylic acids is 1. The molecule has 1 aliphatic rings. The maximum absolute atomic E-state index is 12.6. The number of hydrogen-bond acceptors (Lipinski definition) is 8. The number of carbonyl (C=O) groups excluding carboxylic acids is 1. The number of anilines is 1. The zero-order valence-electron chi connectivity index (χ0n) is 19.2. The van der Waals surface area contributed by atoms with Crippen LogP contribution in [-0.2, 0) is 14.9 Å². The van der Waals surface area contributed by atoms with Crippen molar-refractivity contribution in [3.63, 3.8) is 0 Å². The van der Waals surface area contributed by atoms with E-state index in [2.05, 4.69) is 21.5 Å². The van der Waals surface area contributed by atoms with Gasteiger partial charge in [-0.25, -0.2) is 4.79 Å². The number of benzene rings is 1. The number of carboxylic acid groups (broad SMARTS) is 1. The predicted octanol–water partition coefficient (Wildman–Crippen LogP) is 5.49. The van der Waals surface area contributed by atoms with Gasteiger partial charge in [0.25, 0.3) is 5.78 Å². The Balaban J connectivity index is 1.33. The van der Waals surface area contributed by atoms with Gasteiger partial charge in [-0.15, -0.1) is 0 Å². The van der Waals surface area contributed by atoms with Crippen molar-refractivity contribution in [3.05, 3.63) is 69.6 Å². The third-order valence-corrected chi connectivity index (χ3v) is 6.83. The zero-order chi connectivity index (χ0) is 25.4. The molecule has 5 rings (SSSR count). The predicted molar refractivity (Wildman–Crippen MR) is 130 cm³/mol.